The molecule has 146 valence electrons. The topological polar surface area (TPSA) is 79.5 Å². The van der Waals surface area contributed by atoms with Crippen molar-refractivity contribution >= 4 is 17.5 Å². The van der Waals surface area contributed by atoms with Crippen LogP contribution >= 0.6 is 0 Å². The number of piperidine rings is 1. The van der Waals surface area contributed by atoms with E-state index in [2.05, 4.69) is 22.9 Å². The van der Waals surface area contributed by atoms with Gasteiger partial charge in [0.15, 0.2) is 6.10 Å². The molecular weight excluding hydrogens is 354 g/mol. The average molecular weight is 379 g/mol. The highest BCUT2D eigenvalue weighted by molar-refractivity contribution is 5.98. The van der Waals surface area contributed by atoms with E-state index in [0.29, 0.717) is 23.7 Å². The van der Waals surface area contributed by atoms with Gasteiger partial charge in [-0.2, -0.15) is 0 Å². The van der Waals surface area contributed by atoms with Gasteiger partial charge in [-0.3, -0.25) is 9.59 Å². The maximum absolute atomic E-state index is 12.6. The lowest BCUT2D eigenvalue weighted by Crippen LogP contribution is -2.46. The summed E-state index contributed by atoms with van der Waals surface area (Å²) in [6.45, 7) is 3.03. The standard InChI is InChI=1S/C22H25N3O3/c1-14-11-18(9-10-23-14)24-21(26)16-6-4-7-17(12-16)25-22(27)20-13-15-5-2-3-8-19(15)28-20/h2-8,12,14,18,20,23H,9-11,13H2,1H3,(H,24,26)(H,25,27). The summed E-state index contributed by atoms with van der Waals surface area (Å²) in [5.74, 6) is 0.438. The van der Waals surface area contributed by atoms with E-state index in [4.69, 9.17) is 4.74 Å². The van der Waals surface area contributed by atoms with Crippen LogP contribution in [-0.2, 0) is 11.2 Å². The van der Waals surface area contributed by atoms with Gasteiger partial charge in [-0.1, -0.05) is 24.3 Å². The molecule has 1 fully saturated rings. The fourth-order valence-electron chi connectivity index (χ4n) is 3.82. The second-order valence-electron chi connectivity index (χ2n) is 7.54. The zero-order valence-corrected chi connectivity index (χ0v) is 15.9. The van der Waals surface area contributed by atoms with Crippen LogP contribution in [0.4, 0.5) is 5.69 Å². The minimum absolute atomic E-state index is 0.111. The number of hydrogen-bond donors (Lipinski definition) is 3. The Labute approximate surface area is 164 Å². The van der Waals surface area contributed by atoms with Crippen LogP contribution in [0.1, 0.15) is 35.7 Å². The third kappa shape index (κ3) is 4.17. The Balaban J connectivity index is 1.37. The Hall–Kier alpha value is -2.86. The SMILES string of the molecule is CC1CC(NC(=O)c2cccc(NC(=O)C3Cc4ccccc4O3)c2)CCN1. The van der Waals surface area contributed by atoms with Crippen LogP contribution < -0.4 is 20.7 Å². The zero-order chi connectivity index (χ0) is 19.5. The summed E-state index contributed by atoms with van der Waals surface area (Å²) < 4.78 is 5.73. The molecule has 2 aliphatic heterocycles. The number of benzene rings is 2. The van der Waals surface area contributed by atoms with E-state index in [1.807, 2.05) is 24.3 Å². The summed E-state index contributed by atoms with van der Waals surface area (Å²) in [4.78, 5) is 25.2. The first kappa shape index (κ1) is 18.5. The number of carbonyl (C=O) groups is 2. The largest absolute Gasteiger partial charge is 0.480 e. The van der Waals surface area contributed by atoms with Gasteiger partial charge in [-0.25, -0.2) is 0 Å². The molecule has 0 radical (unpaired) electrons. The second kappa shape index (κ2) is 8.02. The number of carbonyl (C=O) groups excluding carboxylic acids is 2. The molecule has 0 saturated carbocycles. The average Bonchev–Trinajstić information content (AvgIpc) is 3.13. The predicted molar refractivity (Wildman–Crippen MR) is 108 cm³/mol. The number of para-hydroxylation sites is 1. The molecule has 2 amide bonds. The summed E-state index contributed by atoms with van der Waals surface area (Å²) in [6.07, 6.45) is 1.84. The van der Waals surface area contributed by atoms with Crippen molar-refractivity contribution in [1.29, 1.82) is 0 Å². The number of fused-ring (bicyclic) bond motifs is 1. The molecule has 2 aromatic carbocycles. The minimum Gasteiger partial charge on any atom is -0.480 e. The molecule has 2 aromatic rings. The van der Waals surface area contributed by atoms with Crippen molar-refractivity contribution < 1.29 is 14.3 Å². The fourth-order valence-corrected chi connectivity index (χ4v) is 3.82. The molecule has 2 heterocycles. The van der Waals surface area contributed by atoms with E-state index in [-0.39, 0.29) is 17.9 Å². The first-order chi connectivity index (χ1) is 13.6. The third-order valence-electron chi connectivity index (χ3n) is 5.29. The van der Waals surface area contributed by atoms with Crippen LogP contribution in [-0.4, -0.2) is 36.5 Å². The van der Waals surface area contributed by atoms with E-state index in [1.165, 1.54) is 0 Å². The molecule has 0 bridgehead atoms. The van der Waals surface area contributed by atoms with Gasteiger partial charge in [0.05, 0.1) is 0 Å². The molecule has 2 aliphatic rings. The van der Waals surface area contributed by atoms with Gasteiger partial charge in [-0.05, 0) is 56.1 Å². The van der Waals surface area contributed by atoms with Crippen molar-refractivity contribution in [3.05, 3.63) is 59.7 Å². The normalized spacial score (nSPS) is 23.4. The summed E-state index contributed by atoms with van der Waals surface area (Å²) in [5.41, 5.74) is 2.17. The van der Waals surface area contributed by atoms with E-state index in [1.54, 1.807) is 24.3 Å². The van der Waals surface area contributed by atoms with Crippen LogP contribution in [0.15, 0.2) is 48.5 Å². The lowest BCUT2D eigenvalue weighted by atomic mass is 10.00. The molecule has 0 aromatic heterocycles. The number of anilines is 1. The predicted octanol–water partition coefficient (Wildman–Crippen LogP) is 2.50. The van der Waals surface area contributed by atoms with Crippen molar-refractivity contribution in [2.45, 2.75) is 44.4 Å². The number of amides is 2. The van der Waals surface area contributed by atoms with Crippen molar-refractivity contribution in [2.24, 2.45) is 0 Å². The summed E-state index contributed by atoms with van der Waals surface area (Å²) in [6, 6.07) is 15.3. The second-order valence-corrected chi connectivity index (χ2v) is 7.54. The molecule has 3 unspecified atom stereocenters. The maximum Gasteiger partial charge on any atom is 0.265 e. The van der Waals surface area contributed by atoms with E-state index >= 15 is 0 Å². The van der Waals surface area contributed by atoms with Crippen molar-refractivity contribution in [3.8, 4) is 5.75 Å². The first-order valence-electron chi connectivity index (χ1n) is 9.78. The van der Waals surface area contributed by atoms with E-state index in [0.717, 1.165) is 30.7 Å². The summed E-state index contributed by atoms with van der Waals surface area (Å²) in [5, 5.41) is 9.35. The van der Waals surface area contributed by atoms with Gasteiger partial charge in [0.1, 0.15) is 5.75 Å². The highest BCUT2D eigenvalue weighted by atomic mass is 16.5. The van der Waals surface area contributed by atoms with E-state index < -0.39 is 6.10 Å². The van der Waals surface area contributed by atoms with Crippen molar-refractivity contribution in [2.75, 3.05) is 11.9 Å². The Morgan fingerprint density at radius 3 is 2.82 bits per heavy atom. The van der Waals surface area contributed by atoms with Crippen LogP contribution in [0.2, 0.25) is 0 Å². The van der Waals surface area contributed by atoms with Gasteiger partial charge < -0.3 is 20.7 Å². The number of ether oxygens (including phenoxy) is 1. The molecule has 6 heteroatoms. The van der Waals surface area contributed by atoms with E-state index in [9.17, 15) is 9.59 Å². The van der Waals surface area contributed by atoms with Gasteiger partial charge >= 0.3 is 0 Å². The number of hydrogen-bond acceptors (Lipinski definition) is 4. The smallest absolute Gasteiger partial charge is 0.265 e. The molecule has 6 nitrogen and oxygen atoms in total. The number of rotatable bonds is 4. The molecule has 0 spiro atoms. The highest BCUT2D eigenvalue weighted by Crippen LogP contribution is 2.28. The fraction of sp³-hybridized carbons (Fsp3) is 0.364. The Morgan fingerprint density at radius 2 is 2.00 bits per heavy atom. The van der Waals surface area contributed by atoms with Gasteiger partial charge in [0.2, 0.25) is 0 Å². The van der Waals surface area contributed by atoms with Gasteiger partial charge in [0.25, 0.3) is 11.8 Å². The molecule has 3 N–H and O–H groups in total. The molecule has 1 saturated heterocycles. The van der Waals surface area contributed by atoms with Crippen LogP contribution in [0.5, 0.6) is 5.75 Å². The van der Waals surface area contributed by atoms with Crippen molar-refractivity contribution in [1.82, 2.24) is 10.6 Å². The van der Waals surface area contributed by atoms with Crippen LogP contribution in [0, 0.1) is 0 Å². The lowest BCUT2D eigenvalue weighted by molar-refractivity contribution is -0.122. The summed E-state index contributed by atoms with van der Waals surface area (Å²) >= 11 is 0. The van der Waals surface area contributed by atoms with Crippen LogP contribution in [0.3, 0.4) is 0 Å². The monoisotopic (exact) mass is 379 g/mol. The first-order valence-corrected chi connectivity index (χ1v) is 9.78. The lowest BCUT2D eigenvalue weighted by Gasteiger charge is -2.28. The quantitative estimate of drug-likeness (QED) is 0.763. The minimum atomic E-state index is -0.550. The molecule has 28 heavy (non-hydrogen) atoms. The molecule has 0 aliphatic carbocycles. The molecular formula is C22H25N3O3. The van der Waals surface area contributed by atoms with Crippen LogP contribution in [0.25, 0.3) is 0 Å². The summed E-state index contributed by atoms with van der Waals surface area (Å²) in [7, 11) is 0. The van der Waals surface area contributed by atoms with Gasteiger partial charge in [0, 0.05) is 29.8 Å². The zero-order valence-electron chi connectivity index (χ0n) is 15.9. The van der Waals surface area contributed by atoms with Gasteiger partial charge in [-0.15, -0.1) is 0 Å². The third-order valence-corrected chi connectivity index (χ3v) is 5.29. The Bertz CT molecular complexity index is 858. The number of nitrogens with one attached hydrogen (secondary N) is 3. The highest BCUT2D eigenvalue weighted by Gasteiger charge is 2.29. The van der Waals surface area contributed by atoms with Crippen molar-refractivity contribution in [3.63, 3.8) is 0 Å². The maximum atomic E-state index is 12.6. The molecule has 3 atom stereocenters. The molecule has 4 rings (SSSR count). The Kier molecular flexibility index (Phi) is 5.30. The Morgan fingerprint density at radius 1 is 1.14 bits per heavy atom.